The van der Waals surface area contributed by atoms with E-state index >= 15 is 0 Å². The standard InChI is InChI=1S/C21H21N3O6S/c22-20(28)19-12-4-3-7-15(12)31-21(19)23-16(25)10-30-18(27)8-9-24-13-5-1-2-6-14(13)29-11-17(24)26/h1-2,5-6H,3-4,7-11H2,(H2,22,28)(H,23,25). The summed E-state index contributed by atoms with van der Waals surface area (Å²) in [4.78, 5) is 50.8. The average molecular weight is 443 g/mol. The van der Waals surface area contributed by atoms with Gasteiger partial charge in [0.2, 0.25) is 0 Å². The Morgan fingerprint density at radius 3 is 2.84 bits per heavy atom. The fourth-order valence-corrected chi connectivity index (χ4v) is 5.05. The molecule has 0 saturated heterocycles. The third-order valence-electron chi connectivity index (χ3n) is 5.13. The highest BCUT2D eigenvalue weighted by Crippen LogP contribution is 2.38. The number of hydrogen-bond acceptors (Lipinski definition) is 7. The number of primary amides is 1. The number of aryl methyl sites for hydroxylation is 1. The van der Waals surface area contributed by atoms with Crippen molar-refractivity contribution >= 4 is 45.7 Å². The molecule has 3 amide bonds. The molecule has 0 atom stereocenters. The Hall–Kier alpha value is -3.40. The van der Waals surface area contributed by atoms with Crippen LogP contribution in [0.15, 0.2) is 24.3 Å². The number of benzene rings is 1. The van der Waals surface area contributed by atoms with Crippen LogP contribution < -0.4 is 20.7 Å². The average Bonchev–Trinajstić information content (AvgIpc) is 3.32. The highest BCUT2D eigenvalue weighted by Gasteiger charge is 2.27. The van der Waals surface area contributed by atoms with Crippen molar-refractivity contribution in [1.82, 2.24) is 0 Å². The van der Waals surface area contributed by atoms with Gasteiger partial charge in [-0.1, -0.05) is 12.1 Å². The number of carbonyl (C=O) groups excluding carboxylic acids is 4. The van der Waals surface area contributed by atoms with Gasteiger partial charge in [0.15, 0.2) is 13.2 Å². The van der Waals surface area contributed by atoms with Gasteiger partial charge in [0.25, 0.3) is 17.7 Å². The number of nitrogens with zero attached hydrogens (tertiary/aromatic N) is 1. The molecule has 162 valence electrons. The van der Waals surface area contributed by atoms with Gasteiger partial charge < -0.3 is 25.4 Å². The summed E-state index contributed by atoms with van der Waals surface area (Å²) in [7, 11) is 0. The highest BCUT2D eigenvalue weighted by molar-refractivity contribution is 7.17. The lowest BCUT2D eigenvalue weighted by molar-refractivity contribution is -0.147. The quantitative estimate of drug-likeness (QED) is 0.626. The molecule has 0 bridgehead atoms. The summed E-state index contributed by atoms with van der Waals surface area (Å²) in [5.41, 5.74) is 7.32. The Labute approximate surface area is 182 Å². The summed E-state index contributed by atoms with van der Waals surface area (Å²) < 4.78 is 10.4. The number of fused-ring (bicyclic) bond motifs is 2. The maximum Gasteiger partial charge on any atom is 0.308 e. The van der Waals surface area contributed by atoms with Crippen molar-refractivity contribution in [3.63, 3.8) is 0 Å². The molecule has 3 N–H and O–H groups in total. The molecule has 10 heteroatoms. The van der Waals surface area contributed by atoms with Crippen LogP contribution in [-0.2, 0) is 32.0 Å². The van der Waals surface area contributed by atoms with Crippen LogP contribution in [-0.4, -0.2) is 43.4 Å². The van der Waals surface area contributed by atoms with Gasteiger partial charge in [0.05, 0.1) is 17.7 Å². The molecule has 1 aromatic carbocycles. The number of para-hydroxylation sites is 2. The Kier molecular flexibility index (Phi) is 5.90. The lowest BCUT2D eigenvalue weighted by atomic mass is 10.1. The number of esters is 1. The fourth-order valence-electron chi connectivity index (χ4n) is 3.74. The molecular formula is C21H21N3O6S. The summed E-state index contributed by atoms with van der Waals surface area (Å²) in [5, 5.41) is 3.02. The first-order chi connectivity index (χ1) is 14.9. The normalized spacial score (nSPS) is 14.5. The van der Waals surface area contributed by atoms with Crippen LogP contribution in [0.2, 0.25) is 0 Å². The van der Waals surface area contributed by atoms with Crippen LogP contribution in [0.25, 0.3) is 0 Å². The van der Waals surface area contributed by atoms with Gasteiger partial charge in [-0.05, 0) is 37.0 Å². The number of ether oxygens (including phenoxy) is 2. The van der Waals surface area contributed by atoms with E-state index in [4.69, 9.17) is 15.2 Å². The number of amides is 3. The zero-order chi connectivity index (χ0) is 22.0. The van der Waals surface area contributed by atoms with Crippen LogP contribution in [0.1, 0.15) is 33.6 Å². The van der Waals surface area contributed by atoms with Crippen LogP contribution >= 0.6 is 11.3 Å². The summed E-state index contributed by atoms with van der Waals surface area (Å²) in [5.74, 6) is -1.43. The summed E-state index contributed by atoms with van der Waals surface area (Å²) >= 11 is 1.33. The van der Waals surface area contributed by atoms with Gasteiger partial charge in [-0.3, -0.25) is 19.2 Å². The molecular weight excluding hydrogens is 422 g/mol. The number of thiophene rings is 1. The Balaban J connectivity index is 1.30. The van der Waals surface area contributed by atoms with Crippen molar-refractivity contribution < 1.29 is 28.7 Å². The molecule has 4 rings (SSSR count). The molecule has 0 spiro atoms. The monoisotopic (exact) mass is 443 g/mol. The number of carbonyl (C=O) groups is 4. The highest BCUT2D eigenvalue weighted by atomic mass is 32.1. The van der Waals surface area contributed by atoms with E-state index in [-0.39, 0.29) is 25.5 Å². The molecule has 2 aromatic rings. The van der Waals surface area contributed by atoms with Crippen molar-refractivity contribution in [2.24, 2.45) is 5.73 Å². The first-order valence-corrected chi connectivity index (χ1v) is 10.7. The minimum absolute atomic E-state index is 0.0762. The predicted molar refractivity (Wildman–Crippen MR) is 113 cm³/mol. The minimum atomic E-state index is -0.615. The molecule has 9 nitrogen and oxygen atoms in total. The lowest BCUT2D eigenvalue weighted by Gasteiger charge is -2.28. The second-order valence-corrected chi connectivity index (χ2v) is 8.29. The molecule has 2 heterocycles. The number of rotatable bonds is 7. The van der Waals surface area contributed by atoms with E-state index in [1.165, 1.54) is 16.2 Å². The molecule has 0 fully saturated rings. The Bertz CT molecular complexity index is 1060. The Morgan fingerprint density at radius 1 is 1.23 bits per heavy atom. The number of hydrogen-bond donors (Lipinski definition) is 2. The van der Waals surface area contributed by atoms with Gasteiger partial charge in [-0.2, -0.15) is 0 Å². The second kappa shape index (κ2) is 8.76. The molecule has 0 unspecified atom stereocenters. The maximum absolute atomic E-state index is 12.2. The lowest BCUT2D eigenvalue weighted by Crippen LogP contribution is -2.40. The van der Waals surface area contributed by atoms with Gasteiger partial charge >= 0.3 is 5.97 Å². The molecule has 0 radical (unpaired) electrons. The van der Waals surface area contributed by atoms with Crippen molar-refractivity contribution in [2.75, 3.05) is 30.0 Å². The minimum Gasteiger partial charge on any atom is -0.482 e. The first-order valence-electron chi connectivity index (χ1n) is 9.86. The largest absolute Gasteiger partial charge is 0.482 e. The number of nitrogens with two attached hydrogens (primary N) is 1. The molecule has 1 aromatic heterocycles. The van der Waals surface area contributed by atoms with Crippen molar-refractivity contribution in [3.05, 3.63) is 40.3 Å². The third kappa shape index (κ3) is 4.38. The number of anilines is 2. The SMILES string of the molecule is NC(=O)c1c(NC(=O)COC(=O)CCN2C(=O)COc3ccccc32)sc2c1CCC2. The molecule has 0 saturated carbocycles. The molecule has 2 aliphatic rings. The van der Waals surface area contributed by atoms with E-state index in [1.54, 1.807) is 24.3 Å². The number of nitrogens with one attached hydrogen (secondary N) is 1. The Morgan fingerprint density at radius 2 is 2.03 bits per heavy atom. The van der Waals surface area contributed by atoms with Gasteiger partial charge in [-0.15, -0.1) is 11.3 Å². The summed E-state index contributed by atoms with van der Waals surface area (Å²) in [6.07, 6.45) is 2.50. The predicted octanol–water partition coefficient (Wildman–Crippen LogP) is 1.63. The summed E-state index contributed by atoms with van der Waals surface area (Å²) in [6, 6.07) is 7.06. The fraction of sp³-hybridized carbons (Fsp3) is 0.333. The van der Waals surface area contributed by atoms with Crippen LogP contribution in [0.3, 0.4) is 0 Å². The van der Waals surface area contributed by atoms with Gasteiger partial charge in [0.1, 0.15) is 10.8 Å². The van der Waals surface area contributed by atoms with Gasteiger partial charge in [-0.25, -0.2) is 0 Å². The van der Waals surface area contributed by atoms with E-state index in [2.05, 4.69) is 5.32 Å². The van der Waals surface area contributed by atoms with Crippen LogP contribution in [0.4, 0.5) is 10.7 Å². The van der Waals surface area contributed by atoms with E-state index in [1.807, 2.05) is 0 Å². The zero-order valence-electron chi connectivity index (χ0n) is 16.6. The molecule has 31 heavy (non-hydrogen) atoms. The maximum atomic E-state index is 12.2. The third-order valence-corrected chi connectivity index (χ3v) is 6.34. The van der Waals surface area contributed by atoms with Crippen molar-refractivity contribution in [1.29, 1.82) is 0 Å². The summed E-state index contributed by atoms with van der Waals surface area (Å²) in [6.45, 7) is -0.474. The van der Waals surface area contributed by atoms with E-state index in [0.717, 1.165) is 29.7 Å². The van der Waals surface area contributed by atoms with Gasteiger partial charge in [0, 0.05) is 11.4 Å². The van der Waals surface area contributed by atoms with Crippen molar-refractivity contribution in [2.45, 2.75) is 25.7 Å². The van der Waals surface area contributed by atoms with E-state index in [0.29, 0.717) is 22.0 Å². The van der Waals surface area contributed by atoms with E-state index < -0.39 is 24.4 Å². The smallest absolute Gasteiger partial charge is 0.308 e. The van der Waals surface area contributed by atoms with Crippen LogP contribution in [0.5, 0.6) is 5.75 Å². The molecule has 1 aliphatic carbocycles. The van der Waals surface area contributed by atoms with Crippen LogP contribution in [0, 0.1) is 0 Å². The van der Waals surface area contributed by atoms with E-state index in [9.17, 15) is 19.2 Å². The first kappa shape index (κ1) is 20.9. The second-order valence-electron chi connectivity index (χ2n) is 7.19. The topological polar surface area (TPSA) is 128 Å². The zero-order valence-corrected chi connectivity index (χ0v) is 17.5. The van der Waals surface area contributed by atoms with Crippen molar-refractivity contribution in [3.8, 4) is 5.75 Å². The molecule has 1 aliphatic heterocycles.